The Hall–Kier alpha value is -1.55. The van der Waals surface area contributed by atoms with Gasteiger partial charge in [0.25, 0.3) is 5.69 Å². The molecular formula is C15H23N3O5S. The molecule has 1 aliphatic rings. The summed E-state index contributed by atoms with van der Waals surface area (Å²) in [6.45, 7) is 2.52. The van der Waals surface area contributed by atoms with Crippen LogP contribution in [-0.2, 0) is 20.5 Å². The van der Waals surface area contributed by atoms with E-state index >= 15 is 0 Å². The zero-order valence-corrected chi connectivity index (χ0v) is 14.5. The van der Waals surface area contributed by atoms with Gasteiger partial charge in [-0.05, 0) is 31.5 Å². The first-order valence-electron chi connectivity index (χ1n) is 7.76. The van der Waals surface area contributed by atoms with Crippen molar-refractivity contribution in [1.29, 1.82) is 0 Å². The highest BCUT2D eigenvalue weighted by molar-refractivity contribution is 7.88. The molecule has 1 saturated heterocycles. The standard InChI is InChI=1S/C15H23N3O5S/c1-23-12-15(6-8-16-9-7-15)11-17-24(21,22)10-13-2-4-14(5-3-13)18(19)20/h2-5,16-17H,6-12H2,1H3. The van der Waals surface area contributed by atoms with Crippen LogP contribution >= 0.6 is 0 Å². The van der Waals surface area contributed by atoms with Gasteiger partial charge in [0, 0.05) is 31.2 Å². The number of ether oxygens (including phenoxy) is 1. The fourth-order valence-electron chi connectivity index (χ4n) is 2.88. The van der Waals surface area contributed by atoms with Crippen molar-refractivity contribution < 1.29 is 18.1 Å². The maximum atomic E-state index is 12.3. The number of nitrogens with one attached hydrogen (secondary N) is 2. The van der Waals surface area contributed by atoms with Crippen molar-refractivity contribution in [3.05, 3.63) is 39.9 Å². The van der Waals surface area contributed by atoms with Crippen molar-refractivity contribution >= 4 is 15.7 Å². The summed E-state index contributed by atoms with van der Waals surface area (Å²) >= 11 is 0. The van der Waals surface area contributed by atoms with Crippen LogP contribution in [0, 0.1) is 15.5 Å². The van der Waals surface area contributed by atoms with E-state index in [9.17, 15) is 18.5 Å². The summed E-state index contributed by atoms with van der Waals surface area (Å²) in [6.07, 6.45) is 1.70. The molecule has 9 heteroatoms. The molecule has 8 nitrogen and oxygen atoms in total. The highest BCUT2D eigenvalue weighted by Gasteiger charge is 2.33. The van der Waals surface area contributed by atoms with Crippen LogP contribution in [0.3, 0.4) is 0 Å². The third-order valence-corrected chi connectivity index (χ3v) is 5.58. The van der Waals surface area contributed by atoms with Gasteiger partial charge < -0.3 is 10.1 Å². The first kappa shape index (κ1) is 18.8. The fourth-order valence-corrected chi connectivity index (χ4v) is 4.14. The fraction of sp³-hybridized carbons (Fsp3) is 0.600. The van der Waals surface area contributed by atoms with Gasteiger partial charge in [0.2, 0.25) is 10.0 Å². The van der Waals surface area contributed by atoms with E-state index in [0.717, 1.165) is 25.9 Å². The van der Waals surface area contributed by atoms with Crippen LogP contribution in [0.1, 0.15) is 18.4 Å². The molecule has 1 heterocycles. The van der Waals surface area contributed by atoms with E-state index in [2.05, 4.69) is 10.0 Å². The van der Waals surface area contributed by atoms with Gasteiger partial charge in [-0.3, -0.25) is 10.1 Å². The van der Waals surface area contributed by atoms with Crippen LogP contribution in [0.2, 0.25) is 0 Å². The molecule has 0 atom stereocenters. The molecule has 0 spiro atoms. The Morgan fingerprint density at radius 1 is 1.29 bits per heavy atom. The number of sulfonamides is 1. The third-order valence-electron chi connectivity index (χ3n) is 4.29. The van der Waals surface area contributed by atoms with Crippen molar-refractivity contribution in [2.75, 3.05) is 33.4 Å². The maximum absolute atomic E-state index is 12.3. The highest BCUT2D eigenvalue weighted by atomic mass is 32.2. The van der Waals surface area contributed by atoms with Crippen LogP contribution in [0.25, 0.3) is 0 Å². The first-order valence-corrected chi connectivity index (χ1v) is 9.41. The number of rotatable bonds is 8. The molecule has 1 aliphatic heterocycles. The molecule has 0 saturated carbocycles. The number of benzene rings is 1. The van der Waals surface area contributed by atoms with Crippen LogP contribution in [0.5, 0.6) is 0 Å². The molecule has 1 aromatic rings. The van der Waals surface area contributed by atoms with Crippen LogP contribution < -0.4 is 10.0 Å². The lowest BCUT2D eigenvalue weighted by Gasteiger charge is -2.37. The largest absolute Gasteiger partial charge is 0.384 e. The molecule has 2 N–H and O–H groups in total. The Kier molecular flexibility index (Phi) is 6.27. The zero-order valence-electron chi connectivity index (χ0n) is 13.7. The quantitative estimate of drug-likeness (QED) is 0.531. The summed E-state index contributed by atoms with van der Waals surface area (Å²) in [5, 5.41) is 13.9. The monoisotopic (exact) mass is 357 g/mol. The van der Waals surface area contributed by atoms with Crippen molar-refractivity contribution in [3.8, 4) is 0 Å². The lowest BCUT2D eigenvalue weighted by atomic mass is 9.80. The maximum Gasteiger partial charge on any atom is 0.269 e. The predicted octanol–water partition coefficient (Wildman–Crippen LogP) is 1.03. The number of hydrogen-bond donors (Lipinski definition) is 2. The second-order valence-corrected chi connectivity index (χ2v) is 7.99. The molecule has 0 unspecified atom stereocenters. The van der Waals surface area contributed by atoms with Gasteiger partial charge in [-0.2, -0.15) is 0 Å². The average molecular weight is 357 g/mol. The number of non-ortho nitro benzene ring substituents is 1. The van der Waals surface area contributed by atoms with E-state index in [1.54, 1.807) is 7.11 Å². The lowest BCUT2D eigenvalue weighted by molar-refractivity contribution is -0.384. The Morgan fingerprint density at radius 2 is 1.92 bits per heavy atom. The molecule has 24 heavy (non-hydrogen) atoms. The van der Waals surface area contributed by atoms with E-state index in [4.69, 9.17) is 4.74 Å². The molecule has 1 aromatic carbocycles. The van der Waals surface area contributed by atoms with Crippen molar-refractivity contribution in [1.82, 2.24) is 10.0 Å². The molecule has 134 valence electrons. The van der Waals surface area contributed by atoms with Crippen molar-refractivity contribution in [3.63, 3.8) is 0 Å². The molecule has 0 radical (unpaired) electrons. The SMILES string of the molecule is COCC1(CNS(=O)(=O)Cc2ccc([N+](=O)[O-])cc2)CCNCC1. The zero-order chi connectivity index (χ0) is 17.6. The second kappa shape index (κ2) is 8.02. The van der Waals surface area contributed by atoms with Gasteiger partial charge in [-0.25, -0.2) is 13.1 Å². The second-order valence-electron chi connectivity index (χ2n) is 6.19. The van der Waals surface area contributed by atoms with E-state index < -0.39 is 14.9 Å². The van der Waals surface area contributed by atoms with Gasteiger partial charge in [0.1, 0.15) is 0 Å². The third kappa shape index (κ3) is 5.23. The van der Waals surface area contributed by atoms with Gasteiger partial charge >= 0.3 is 0 Å². The summed E-state index contributed by atoms with van der Waals surface area (Å²) in [4.78, 5) is 10.1. The summed E-state index contributed by atoms with van der Waals surface area (Å²) in [6, 6.07) is 5.55. The smallest absolute Gasteiger partial charge is 0.269 e. The van der Waals surface area contributed by atoms with Gasteiger partial charge in [0.05, 0.1) is 17.3 Å². The van der Waals surface area contributed by atoms with Gasteiger partial charge in [-0.15, -0.1) is 0 Å². The number of nitro groups is 1. The molecule has 2 rings (SSSR count). The Balaban J connectivity index is 1.98. The van der Waals surface area contributed by atoms with E-state index in [-0.39, 0.29) is 16.9 Å². The minimum Gasteiger partial charge on any atom is -0.384 e. The number of piperidine rings is 1. The number of methoxy groups -OCH3 is 1. The molecule has 0 bridgehead atoms. The van der Waals surface area contributed by atoms with Gasteiger partial charge in [-0.1, -0.05) is 12.1 Å². The lowest BCUT2D eigenvalue weighted by Crippen LogP contribution is -2.47. The highest BCUT2D eigenvalue weighted by Crippen LogP contribution is 2.28. The summed E-state index contributed by atoms with van der Waals surface area (Å²) in [7, 11) is -1.90. The number of nitro benzene ring substituents is 1. The summed E-state index contributed by atoms with van der Waals surface area (Å²) in [5.74, 6) is -0.202. The average Bonchev–Trinajstić information content (AvgIpc) is 2.55. The predicted molar refractivity (Wildman–Crippen MR) is 90.1 cm³/mol. The Morgan fingerprint density at radius 3 is 2.46 bits per heavy atom. The van der Waals surface area contributed by atoms with E-state index in [1.807, 2.05) is 0 Å². The van der Waals surface area contributed by atoms with Crippen LogP contribution in [-0.4, -0.2) is 46.7 Å². The van der Waals surface area contributed by atoms with E-state index in [0.29, 0.717) is 18.7 Å². The topological polar surface area (TPSA) is 111 Å². The summed E-state index contributed by atoms with van der Waals surface area (Å²) in [5.41, 5.74) is 0.264. The van der Waals surface area contributed by atoms with Gasteiger partial charge in [0.15, 0.2) is 0 Å². The molecule has 1 fully saturated rings. The Labute approximate surface area is 141 Å². The minimum atomic E-state index is -3.52. The van der Waals surface area contributed by atoms with Crippen LogP contribution in [0.15, 0.2) is 24.3 Å². The number of hydrogen-bond acceptors (Lipinski definition) is 6. The van der Waals surface area contributed by atoms with Crippen LogP contribution in [0.4, 0.5) is 5.69 Å². The first-order chi connectivity index (χ1) is 11.4. The molecule has 0 amide bonds. The Bertz CT molecular complexity index is 649. The normalized spacial score (nSPS) is 17.5. The molecule has 0 aliphatic carbocycles. The van der Waals surface area contributed by atoms with E-state index in [1.165, 1.54) is 24.3 Å². The minimum absolute atomic E-state index is 0.0575. The number of nitrogens with zero attached hydrogens (tertiary/aromatic N) is 1. The molecule has 0 aromatic heterocycles. The van der Waals surface area contributed by atoms with Crippen molar-refractivity contribution in [2.24, 2.45) is 5.41 Å². The molecular weight excluding hydrogens is 334 g/mol. The van der Waals surface area contributed by atoms with Crippen molar-refractivity contribution in [2.45, 2.75) is 18.6 Å². The summed E-state index contributed by atoms with van der Waals surface area (Å²) < 4.78 is 32.6.